The van der Waals surface area contributed by atoms with Gasteiger partial charge in [-0.15, -0.1) is 0 Å². The Morgan fingerprint density at radius 2 is 1.70 bits per heavy atom. The van der Waals surface area contributed by atoms with Crippen LogP contribution in [0, 0.1) is 6.92 Å². The fourth-order valence-electron chi connectivity index (χ4n) is 2.44. The summed E-state index contributed by atoms with van der Waals surface area (Å²) >= 11 is 0. The highest BCUT2D eigenvalue weighted by Gasteiger charge is 2.13. The van der Waals surface area contributed by atoms with E-state index in [1.807, 2.05) is 18.8 Å². The van der Waals surface area contributed by atoms with Crippen LogP contribution in [-0.2, 0) is 0 Å². The van der Waals surface area contributed by atoms with Crippen LogP contribution in [0.5, 0.6) is 0 Å². The van der Waals surface area contributed by atoms with Crippen LogP contribution in [0.25, 0.3) is 5.69 Å². The first-order chi connectivity index (χ1) is 9.65. The topological polar surface area (TPSA) is 21.1 Å². The summed E-state index contributed by atoms with van der Waals surface area (Å²) in [6, 6.07) is 10.6. The Kier molecular flexibility index (Phi) is 3.18. The van der Waals surface area contributed by atoms with Gasteiger partial charge in [0.15, 0.2) is 0 Å². The Bertz CT molecular complexity index is 648. The third kappa shape index (κ3) is 2.27. The van der Waals surface area contributed by atoms with Crippen LogP contribution in [0.1, 0.15) is 17.3 Å². The molecule has 0 fully saturated rings. The van der Waals surface area contributed by atoms with Gasteiger partial charge in [0.1, 0.15) is 0 Å². The standard InChI is InChI=1S/C17H19N3/c1-13-12-17(14-6-4-5-7-14)18-20(13)16-10-8-15(9-11-16)19(2)3/h4-12,14H,1-3H3. The largest absolute Gasteiger partial charge is 0.378 e. The minimum absolute atomic E-state index is 0.316. The average molecular weight is 265 g/mol. The molecule has 1 aliphatic rings. The summed E-state index contributed by atoms with van der Waals surface area (Å²) in [5.74, 6) is 0.316. The highest BCUT2D eigenvalue weighted by molar-refractivity contribution is 5.50. The van der Waals surface area contributed by atoms with Crippen molar-refractivity contribution in [3.8, 4) is 5.69 Å². The zero-order valence-corrected chi connectivity index (χ0v) is 12.1. The van der Waals surface area contributed by atoms with E-state index >= 15 is 0 Å². The number of hydrogen-bond acceptors (Lipinski definition) is 2. The molecule has 0 unspecified atom stereocenters. The first-order valence-corrected chi connectivity index (χ1v) is 6.84. The van der Waals surface area contributed by atoms with Crippen molar-refractivity contribution in [3.63, 3.8) is 0 Å². The lowest BCUT2D eigenvalue weighted by Crippen LogP contribution is -2.08. The first-order valence-electron chi connectivity index (χ1n) is 6.84. The van der Waals surface area contributed by atoms with E-state index in [0.717, 1.165) is 17.1 Å². The predicted molar refractivity (Wildman–Crippen MR) is 83.6 cm³/mol. The van der Waals surface area contributed by atoms with Gasteiger partial charge in [0, 0.05) is 31.4 Å². The number of aromatic nitrogens is 2. The Labute approximate surface area is 119 Å². The second kappa shape index (κ2) is 5.00. The summed E-state index contributed by atoms with van der Waals surface area (Å²) in [5, 5.41) is 4.74. The van der Waals surface area contributed by atoms with Crippen LogP contribution in [0.2, 0.25) is 0 Å². The monoisotopic (exact) mass is 265 g/mol. The Balaban J connectivity index is 1.93. The fraction of sp³-hybridized carbons (Fsp3) is 0.235. The molecule has 0 atom stereocenters. The zero-order valence-electron chi connectivity index (χ0n) is 12.1. The molecule has 0 saturated heterocycles. The molecule has 3 rings (SSSR count). The fourth-order valence-corrected chi connectivity index (χ4v) is 2.44. The Hall–Kier alpha value is -2.29. The van der Waals surface area contributed by atoms with Gasteiger partial charge in [0.2, 0.25) is 0 Å². The number of nitrogens with zero attached hydrogens (tertiary/aromatic N) is 3. The molecule has 0 aliphatic heterocycles. The average Bonchev–Trinajstić information content (AvgIpc) is 3.08. The summed E-state index contributed by atoms with van der Waals surface area (Å²) in [4.78, 5) is 2.10. The third-order valence-electron chi connectivity index (χ3n) is 3.61. The maximum atomic E-state index is 4.74. The van der Waals surface area contributed by atoms with Gasteiger partial charge in [0.25, 0.3) is 0 Å². The maximum Gasteiger partial charge on any atom is 0.0738 e. The van der Waals surface area contributed by atoms with Crippen molar-refractivity contribution in [1.82, 2.24) is 9.78 Å². The Morgan fingerprint density at radius 3 is 2.30 bits per heavy atom. The van der Waals surface area contributed by atoms with Gasteiger partial charge in [0.05, 0.1) is 11.4 Å². The molecular formula is C17H19N3. The van der Waals surface area contributed by atoms with Crippen molar-refractivity contribution in [2.45, 2.75) is 12.8 Å². The molecule has 0 N–H and O–H groups in total. The van der Waals surface area contributed by atoms with Gasteiger partial charge in [-0.3, -0.25) is 0 Å². The maximum absolute atomic E-state index is 4.74. The third-order valence-corrected chi connectivity index (χ3v) is 3.61. The van der Waals surface area contributed by atoms with Crippen LogP contribution >= 0.6 is 0 Å². The van der Waals surface area contributed by atoms with E-state index in [9.17, 15) is 0 Å². The van der Waals surface area contributed by atoms with E-state index in [-0.39, 0.29) is 0 Å². The molecule has 102 valence electrons. The normalized spacial score (nSPS) is 14.2. The summed E-state index contributed by atoms with van der Waals surface area (Å²) < 4.78 is 2.01. The lowest BCUT2D eigenvalue weighted by molar-refractivity contribution is 0.812. The van der Waals surface area contributed by atoms with Crippen LogP contribution in [0.3, 0.4) is 0 Å². The highest BCUT2D eigenvalue weighted by atomic mass is 15.3. The Morgan fingerprint density at radius 1 is 1.05 bits per heavy atom. The molecule has 0 bridgehead atoms. The van der Waals surface area contributed by atoms with E-state index in [2.05, 4.69) is 66.5 Å². The highest BCUT2D eigenvalue weighted by Crippen LogP contribution is 2.24. The van der Waals surface area contributed by atoms with Crippen LogP contribution < -0.4 is 4.90 Å². The summed E-state index contributed by atoms with van der Waals surface area (Å²) in [6.45, 7) is 2.10. The number of allylic oxidation sites excluding steroid dienone is 4. The van der Waals surface area contributed by atoms with E-state index < -0.39 is 0 Å². The first kappa shape index (κ1) is 12.7. The minimum atomic E-state index is 0.316. The van der Waals surface area contributed by atoms with E-state index in [1.54, 1.807) is 0 Å². The van der Waals surface area contributed by atoms with Crippen LogP contribution in [-0.4, -0.2) is 23.9 Å². The zero-order chi connectivity index (χ0) is 14.1. The smallest absolute Gasteiger partial charge is 0.0738 e. The number of hydrogen-bond donors (Lipinski definition) is 0. The molecule has 0 spiro atoms. The van der Waals surface area contributed by atoms with Gasteiger partial charge in [-0.1, -0.05) is 24.3 Å². The number of benzene rings is 1. The van der Waals surface area contributed by atoms with Crippen molar-refractivity contribution in [2.24, 2.45) is 0 Å². The molecule has 3 nitrogen and oxygen atoms in total. The van der Waals surface area contributed by atoms with Crippen molar-refractivity contribution in [2.75, 3.05) is 19.0 Å². The molecule has 0 saturated carbocycles. The van der Waals surface area contributed by atoms with Crippen LogP contribution in [0.15, 0.2) is 54.6 Å². The van der Waals surface area contributed by atoms with Gasteiger partial charge >= 0.3 is 0 Å². The van der Waals surface area contributed by atoms with Crippen molar-refractivity contribution in [1.29, 1.82) is 0 Å². The molecule has 3 heteroatoms. The molecule has 0 amide bonds. The molecule has 2 aromatic rings. The molecule has 20 heavy (non-hydrogen) atoms. The molecule has 1 heterocycles. The van der Waals surface area contributed by atoms with Gasteiger partial charge in [-0.05, 0) is 37.3 Å². The number of aryl methyl sites for hydroxylation is 1. The van der Waals surface area contributed by atoms with Crippen molar-refractivity contribution in [3.05, 3.63) is 66.0 Å². The molecule has 1 aromatic carbocycles. The van der Waals surface area contributed by atoms with Gasteiger partial charge < -0.3 is 4.90 Å². The van der Waals surface area contributed by atoms with Gasteiger partial charge in [-0.25, -0.2) is 4.68 Å². The predicted octanol–water partition coefficient (Wildman–Crippen LogP) is 3.46. The number of rotatable bonds is 3. The molecule has 0 radical (unpaired) electrons. The number of anilines is 1. The molecule has 1 aliphatic carbocycles. The summed E-state index contributed by atoms with van der Waals surface area (Å²) in [6.07, 6.45) is 8.48. The van der Waals surface area contributed by atoms with Crippen molar-refractivity contribution >= 4 is 5.69 Å². The lowest BCUT2D eigenvalue weighted by Gasteiger charge is -2.13. The quantitative estimate of drug-likeness (QED) is 0.847. The molecule has 1 aromatic heterocycles. The van der Waals surface area contributed by atoms with Crippen molar-refractivity contribution < 1.29 is 0 Å². The van der Waals surface area contributed by atoms with E-state index in [1.165, 1.54) is 5.69 Å². The van der Waals surface area contributed by atoms with Gasteiger partial charge in [-0.2, -0.15) is 5.10 Å². The minimum Gasteiger partial charge on any atom is -0.378 e. The molecular weight excluding hydrogens is 246 g/mol. The van der Waals surface area contributed by atoms with Crippen LogP contribution in [0.4, 0.5) is 5.69 Å². The van der Waals surface area contributed by atoms with E-state index in [0.29, 0.717) is 5.92 Å². The second-order valence-electron chi connectivity index (χ2n) is 5.33. The summed E-state index contributed by atoms with van der Waals surface area (Å²) in [5.41, 5.74) is 4.56. The summed E-state index contributed by atoms with van der Waals surface area (Å²) in [7, 11) is 4.09. The van der Waals surface area contributed by atoms with E-state index in [4.69, 9.17) is 5.10 Å². The lowest BCUT2D eigenvalue weighted by atomic mass is 10.1. The SMILES string of the molecule is Cc1cc(C2C=CC=C2)nn1-c1ccc(N(C)C)cc1. The second-order valence-corrected chi connectivity index (χ2v) is 5.33.